The first kappa shape index (κ1) is 21.4. The van der Waals surface area contributed by atoms with E-state index in [1.165, 1.54) is 36.2 Å². The summed E-state index contributed by atoms with van der Waals surface area (Å²) in [7, 11) is 1.53. The largest absolute Gasteiger partial charge is 0.435 e. The molecule has 2 aromatic carbocycles. The minimum Gasteiger partial charge on any atom is -0.435 e. The van der Waals surface area contributed by atoms with E-state index in [1.54, 1.807) is 12.1 Å². The number of hydrogen-bond donors (Lipinski definition) is 1. The van der Waals surface area contributed by atoms with Crippen LogP contribution in [0.5, 0.6) is 5.75 Å². The van der Waals surface area contributed by atoms with Crippen molar-refractivity contribution in [2.24, 2.45) is 10.7 Å². The number of hydrogen-bond acceptors (Lipinski definition) is 4. The average Bonchev–Trinajstić information content (AvgIpc) is 2.96. The third-order valence-electron chi connectivity index (χ3n) is 4.86. The molecular weight excluding hydrogens is 395 g/mol. The maximum atomic E-state index is 13.2. The number of nitrogens with two attached hydrogens (primary N) is 1. The Bertz CT molecular complexity index is 960. The summed E-state index contributed by atoms with van der Waals surface area (Å²) < 4.78 is 41.6. The van der Waals surface area contributed by atoms with Crippen LogP contribution in [-0.4, -0.2) is 37.1 Å². The van der Waals surface area contributed by atoms with Crippen LogP contribution in [0.15, 0.2) is 59.6 Å². The monoisotopic (exact) mass is 417 g/mol. The second kappa shape index (κ2) is 9.02. The first-order chi connectivity index (χ1) is 14.4. The summed E-state index contributed by atoms with van der Waals surface area (Å²) >= 11 is 0. The van der Waals surface area contributed by atoms with Gasteiger partial charge in [-0.05, 0) is 47.7 Å². The van der Waals surface area contributed by atoms with Gasteiger partial charge in [-0.15, -0.1) is 0 Å². The molecule has 0 saturated carbocycles. The van der Waals surface area contributed by atoms with Crippen molar-refractivity contribution in [2.75, 3.05) is 13.7 Å². The Morgan fingerprint density at radius 2 is 1.93 bits per heavy atom. The van der Waals surface area contributed by atoms with Crippen LogP contribution >= 0.6 is 0 Å². The Morgan fingerprint density at radius 3 is 2.53 bits per heavy atom. The van der Waals surface area contributed by atoms with E-state index < -0.39 is 12.2 Å². The minimum atomic E-state index is -2.95. The van der Waals surface area contributed by atoms with Gasteiger partial charge >= 0.3 is 6.61 Å². The summed E-state index contributed by atoms with van der Waals surface area (Å²) in [4.78, 5) is 19.0. The van der Waals surface area contributed by atoms with Crippen molar-refractivity contribution in [2.45, 2.75) is 25.0 Å². The zero-order valence-electron chi connectivity index (χ0n) is 16.4. The Morgan fingerprint density at radius 1 is 1.20 bits per heavy atom. The van der Waals surface area contributed by atoms with Crippen LogP contribution in [0.2, 0.25) is 0 Å². The second-order valence-corrected chi connectivity index (χ2v) is 6.81. The van der Waals surface area contributed by atoms with Crippen LogP contribution in [0.4, 0.5) is 13.2 Å². The number of unbranched alkanes of at least 4 members (excludes halogenated alkanes) is 1. The summed E-state index contributed by atoms with van der Waals surface area (Å²) in [5.74, 6) is -0.331. The van der Waals surface area contributed by atoms with Gasteiger partial charge in [-0.3, -0.25) is 14.1 Å². The second-order valence-electron chi connectivity index (χ2n) is 6.81. The maximum Gasteiger partial charge on any atom is 0.387 e. The lowest BCUT2D eigenvalue weighted by molar-refractivity contribution is -0.129. The van der Waals surface area contributed by atoms with Crippen molar-refractivity contribution in [3.8, 4) is 5.75 Å². The van der Waals surface area contributed by atoms with Crippen LogP contribution in [0, 0.1) is 0 Å². The van der Waals surface area contributed by atoms with E-state index in [2.05, 4.69) is 9.73 Å². The quantitative estimate of drug-likeness (QED) is 0.658. The fourth-order valence-corrected chi connectivity index (χ4v) is 3.34. The Kier molecular flexibility index (Phi) is 6.44. The number of likely N-dealkylation sites (N-methyl/N-ethyl adjacent to an activating group) is 1. The number of carbonyl (C=O) groups excluding carboxylic acids is 1. The molecule has 0 bridgehead atoms. The molecule has 0 saturated heterocycles. The number of carbonyl (C=O) groups is 1. The third-order valence-corrected chi connectivity index (χ3v) is 4.86. The molecule has 0 spiro atoms. The normalized spacial score (nSPS) is 19.0. The molecule has 0 radical (unpaired) electrons. The number of allylic oxidation sites excluding steroid dienone is 1. The van der Waals surface area contributed by atoms with Gasteiger partial charge in [0, 0.05) is 7.05 Å². The molecule has 3 rings (SSSR count). The van der Waals surface area contributed by atoms with Crippen molar-refractivity contribution >= 4 is 17.9 Å². The van der Waals surface area contributed by atoms with Gasteiger partial charge in [0.1, 0.15) is 5.75 Å². The summed E-state index contributed by atoms with van der Waals surface area (Å²) in [5, 5.41) is 0. The van der Waals surface area contributed by atoms with Gasteiger partial charge < -0.3 is 10.5 Å². The van der Waals surface area contributed by atoms with E-state index >= 15 is 0 Å². The van der Waals surface area contributed by atoms with Gasteiger partial charge in [0.05, 0.1) is 6.67 Å². The molecular formula is C22H22F3N3O2. The van der Waals surface area contributed by atoms with Gasteiger partial charge in [-0.25, -0.2) is 4.99 Å². The van der Waals surface area contributed by atoms with Crippen LogP contribution in [0.25, 0.3) is 6.08 Å². The standard InChI is InChI=1S/C22H22F3N3O2/c1-28-19(29)22(27-21(28)26,16-9-11-18(12-10-16)30-20(24)25)17-8-5-7-15(14-17)6-3-2-4-13-23/h3,5-12,14,20H,2,4,13H2,1H3,(H2,26,27). The summed E-state index contributed by atoms with van der Waals surface area (Å²) in [6.07, 6.45) is 4.76. The van der Waals surface area contributed by atoms with E-state index in [0.29, 0.717) is 24.0 Å². The number of ether oxygens (including phenoxy) is 1. The van der Waals surface area contributed by atoms with Gasteiger partial charge in [0.2, 0.25) is 0 Å². The Hall–Kier alpha value is -3.29. The topological polar surface area (TPSA) is 67.9 Å². The summed E-state index contributed by atoms with van der Waals surface area (Å²) in [6, 6.07) is 13.0. The number of alkyl halides is 3. The highest BCUT2D eigenvalue weighted by Crippen LogP contribution is 2.40. The third kappa shape index (κ3) is 4.17. The zero-order chi connectivity index (χ0) is 21.7. The van der Waals surface area contributed by atoms with Crippen LogP contribution in [-0.2, 0) is 10.3 Å². The summed E-state index contributed by atoms with van der Waals surface area (Å²) in [6.45, 7) is -3.33. The molecule has 2 aromatic rings. The Labute approximate surface area is 172 Å². The number of nitrogens with zero attached hydrogens (tertiary/aromatic N) is 2. The summed E-state index contributed by atoms with van der Waals surface area (Å²) in [5.41, 5.74) is 6.38. The lowest BCUT2D eigenvalue weighted by Gasteiger charge is -2.26. The molecule has 0 aromatic heterocycles. The highest BCUT2D eigenvalue weighted by atomic mass is 19.3. The molecule has 1 aliphatic rings. The van der Waals surface area contributed by atoms with Gasteiger partial charge in [-0.2, -0.15) is 8.78 Å². The molecule has 0 fully saturated rings. The van der Waals surface area contributed by atoms with Crippen molar-refractivity contribution in [3.63, 3.8) is 0 Å². The van der Waals surface area contributed by atoms with Crippen molar-refractivity contribution in [3.05, 3.63) is 71.3 Å². The van der Waals surface area contributed by atoms with E-state index in [1.807, 2.05) is 24.3 Å². The van der Waals surface area contributed by atoms with Crippen LogP contribution in [0.3, 0.4) is 0 Å². The molecule has 1 aliphatic heterocycles. The highest BCUT2D eigenvalue weighted by Gasteiger charge is 2.49. The smallest absolute Gasteiger partial charge is 0.387 e. The molecule has 8 heteroatoms. The first-order valence-electron chi connectivity index (χ1n) is 9.40. The predicted octanol–water partition coefficient (Wildman–Crippen LogP) is 4.08. The van der Waals surface area contributed by atoms with Gasteiger partial charge in [-0.1, -0.05) is 42.5 Å². The van der Waals surface area contributed by atoms with Crippen molar-refractivity contribution in [1.82, 2.24) is 4.90 Å². The Balaban J connectivity index is 2.05. The first-order valence-corrected chi connectivity index (χ1v) is 9.40. The highest BCUT2D eigenvalue weighted by molar-refractivity contribution is 6.09. The molecule has 2 N–H and O–H groups in total. The van der Waals surface area contributed by atoms with E-state index in [-0.39, 0.29) is 24.3 Å². The predicted molar refractivity (Wildman–Crippen MR) is 109 cm³/mol. The lowest BCUT2D eigenvalue weighted by atomic mass is 9.82. The van der Waals surface area contributed by atoms with Gasteiger partial charge in [0.15, 0.2) is 11.5 Å². The number of aliphatic imine (C=N–C) groups is 1. The average molecular weight is 417 g/mol. The molecule has 5 nitrogen and oxygen atoms in total. The van der Waals surface area contributed by atoms with Crippen molar-refractivity contribution in [1.29, 1.82) is 0 Å². The van der Waals surface area contributed by atoms with E-state index in [0.717, 1.165) is 5.56 Å². The van der Waals surface area contributed by atoms with Crippen LogP contribution < -0.4 is 10.5 Å². The lowest BCUT2D eigenvalue weighted by Crippen LogP contribution is -2.41. The molecule has 1 heterocycles. The molecule has 0 aliphatic carbocycles. The fourth-order valence-electron chi connectivity index (χ4n) is 3.34. The number of guanidine groups is 1. The molecule has 1 atom stereocenters. The molecule has 1 unspecified atom stereocenters. The molecule has 30 heavy (non-hydrogen) atoms. The van der Waals surface area contributed by atoms with E-state index in [4.69, 9.17) is 5.73 Å². The van der Waals surface area contributed by atoms with Gasteiger partial charge in [0.25, 0.3) is 5.91 Å². The molecule has 1 amide bonds. The number of benzene rings is 2. The fraction of sp³-hybridized carbons (Fsp3) is 0.273. The maximum absolute atomic E-state index is 13.2. The SMILES string of the molecule is CN1C(=O)C(c2ccc(OC(F)F)cc2)(c2cccc(C=CCCCF)c2)N=C1N. The number of amides is 1. The zero-order valence-corrected chi connectivity index (χ0v) is 16.4. The van der Waals surface area contributed by atoms with Crippen molar-refractivity contribution < 1.29 is 22.7 Å². The van der Waals surface area contributed by atoms with E-state index in [9.17, 15) is 18.0 Å². The minimum absolute atomic E-state index is 0.0239. The van der Waals surface area contributed by atoms with Crippen LogP contribution in [0.1, 0.15) is 29.5 Å². The molecule has 158 valence electrons. The number of rotatable bonds is 8. The number of halogens is 3.